The molecule has 3 heterocycles. The van der Waals surface area contributed by atoms with Gasteiger partial charge in [0.2, 0.25) is 0 Å². The first-order chi connectivity index (χ1) is 10.9. The van der Waals surface area contributed by atoms with E-state index in [1.807, 2.05) is 24.8 Å². The SMILES string of the molecule is C[Si](C)(C)c1cnc(-c2cccc3c2sc2cncn23)cc1Cl. The summed E-state index contributed by atoms with van der Waals surface area (Å²) < 4.78 is 3.33. The van der Waals surface area contributed by atoms with E-state index in [4.69, 9.17) is 16.6 Å². The van der Waals surface area contributed by atoms with Crippen LogP contribution in [-0.2, 0) is 0 Å². The Hall–Kier alpha value is -1.69. The van der Waals surface area contributed by atoms with Crippen molar-refractivity contribution in [2.24, 2.45) is 0 Å². The molecule has 0 aliphatic rings. The lowest BCUT2D eigenvalue weighted by molar-refractivity contribution is 1.22. The van der Waals surface area contributed by atoms with E-state index in [0.29, 0.717) is 0 Å². The third kappa shape index (κ3) is 2.39. The van der Waals surface area contributed by atoms with Crippen molar-refractivity contribution in [3.8, 4) is 11.3 Å². The van der Waals surface area contributed by atoms with E-state index < -0.39 is 8.07 Å². The lowest BCUT2D eigenvalue weighted by atomic mass is 10.1. The van der Waals surface area contributed by atoms with E-state index in [-0.39, 0.29) is 0 Å². The molecule has 0 unspecified atom stereocenters. The molecule has 3 aromatic heterocycles. The average molecular weight is 358 g/mol. The summed E-state index contributed by atoms with van der Waals surface area (Å²) in [5.41, 5.74) is 3.22. The molecule has 0 radical (unpaired) electrons. The number of benzene rings is 1. The molecule has 6 heteroatoms. The van der Waals surface area contributed by atoms with Crippen molar-refractivity contribution in [2.75, 3.05) is 0 Å². The fourth-order valence-electron chi connectivity index (χ4n) is 2.80. The van der Waals surface area contributed by atoms with Crippen molar-refractivity contribution in [1.82, 2.24) is 14.4 Å². The molecule has 0 atom stereocenters. The van der Waals surface area contributed by atoms with Crippen LogP contribution < -0.4 is 5.19 Å². The molecule has 4 rings (SSSR count). The molecule has 1 aromatic carbocycles. The van der Waals surface area contributed by atoms with Crippen LogP contribution in [0.3, 0.4) is 0 Å². The van der Waals surface area contributed by atoms with Gasteiger partial charge < -0.3 is 0 Å². The highest BCUT2D eigenvalue weighted by Crippen LogP contribution is 2.34. The molecule has 0 N–H and O–H groups in total. The van der Waals surface area contributed by atoms with Gasteiger partial charge in [0, 0.05) is 16.8 Å². The van der Waals surface area contributed by atoms with Gasteiger partial charge in [0.1, 0.15) is 11.2 Å². The van der Waals surface area contributed by atoms with Crippen LogP contribution in [0.5, 0.6) is 0 Å². The zero-order valence-electron chi connectivity index (χ0n) is 13.2. The molecule has 23 heavy (non-hydrogen) atoms. The first kappa shape index (κ1) is 14.9. The topological polar surface area (TPSA) is 30.2 Å². The number of pyridine rings is 1. The monoisotopic (exact) mass is 357 g/mol. The van der Waals surface area contributed by atoms with Crippen molar-refractivity contribution in [3.05, 3.63) is 48.0 Å². The number of hydrogen-bond acceptors (Lipinski definition) is 3. The number of rotatable bonds is 2. The van der Waals surface area contributed by atoms with Gasteiger partial charge in [-0.1, -0.05) is 43.4 Å². The molecule has 3 nitrogen and oxygen atoms in total. The van der Waals surface area contributed by atoms with Crippen LogP contribution in [0.2, 0.25) is 24.7 Å². The second-order valence-corrected chi connectivity index (χ2v) is 13.1. The molecule has 0 saturated carbocycles. The second kappa shape index (κ2) is 5.16. The Morgan fingerprint density at radius 2 is 2.00 bits per heavy atom. The summed E-state index contributed by atoms with van der Waals surface area (Å²) in [4.78, 5) is 10.1. The van der Waals surface area contributed by atoms with Crippen LogP contribution in [0.4, 0.5) is 0 Å². The van der Waals surface area contributed by atoms with Gasteiger partial charge in [-0.15, -0.1) is 11.3 Å². The Labute approximate surface area is 144 Å². The minimum absolute atomic E-state index is 0.830. The Morgan fingerprint density at radius 3 is 2.74 bits per heavy atom. The molecular weight excluding hydrogens is 342 g/mol. The zero-order valence-corrected chi connectivity index (χ0v) is 15.7. The van der Waals surface area contributed by atoms with Crippen LogP contribution in [0.1, 0.15) is 0 Å². The summed E-state index contributed by atoms with van der Waals surface area (Å²) in [6.07, 6.45) is 5.71. The Kier molecular flexibility index (Phi) is 3.34. The maximum Gasteiger partial charge on any atom is 0.120 e. The van der Waals surface area contributed by atoms with Gasteiger partial charge in [-0.3, -0.25) is 9.38 Å². The smallest absolute Gasteiger partial charge is 0.120 e. The number of fused-ring (bicyclic) bond motifs is 3. The summed E-state index contributed by atoms with van der Waals surface area (Å²) in [5.74, 6) is 0. The van der Waals surface area contributed by atoms with E-state index in [1.54, 1.807) is 11.3 Å². The van der Waals surface area contributed by atoms with Crippen molar-refractivity contribution in [2.45, 2.75) is 19.6 Å². The number of thiazole rings is 1. The standard InChI is InChI=1S/C17H16ClN3SSi/c1-23(2,3)15-8-20-13(7-12(15)18)11-5-4-6-14-17(11)22-16-9-19-10-21(14)16/h4-10H,1-3H3. The first-order valence-electron chi connectivity index (χ1n) is 7.45. The van der Waals surface area contributed by atoms with E-state index >= 15 is 0 Å². The van der Waals surface area contributed by atoms with Gasteiger partial charge in [0.25, 0.3) is 0 Å². The van der Waals surface area contributed by atoms with Gasteiger partial charge in [0.15, 0.2) is 0 Å². The van der Waals surface area contributed by atoms with E-state index in [2.05, 4.69) is 47.2 Å². The van der Waals surface area contributed by atoms with Gasteiger partial charge in [0.05, 0.1) is 30.2 Å². The Balaban J connectivity index is 1.94. The van der Waals surface area contributed by atoms with E-state index in [1.165, 1.54) is 9.89 Å². The molecule has 0 aliphatic carbocycles. The maximum atomic E-state index is 6.56. The summed E-state index contributed by atoms with van der Waals surface area (Å²) in [6.45, 7) is 6.85. The highest BCUT2D eigenvalue weighted by molar-refractivity contribution is 7.24. The number of imidazole rings is 1. The predicted octanol–water partition coefficient (Wildman–Crippen LogP) is 4.81. The molecule has 0 saturated heterocycles. The van der Waals surface area contributed by atoms with Gasteiger partial charge in [-0.2, -0.15) is 0 Å². The van der Waals surface area contributed by atoms with Gasteiger partial charge in [-0.05, 0) is 17.3 Å². The van der Waals surface area contributed by atoms with Crippen molar-refractivity contribution < 1.29 is 0 Å². The second-order valence-electron chi connectivity index (χ2n) is 6.66. The fraction of sp³-hybridized carbons (Fsp3) is 0.176. The number of halogens is 1. The zero-order chi connectivity index (χ0) is 16.2. The van der Waals surface area contributed by atoms with Crippen LogP contribution in [0.25, 0.3) is 26.3 Å². The van der Waals surface area contributed by atoms with Crippen molar-refractivity contribution >= 4 is 51.2 Å². The molecule has 4 aromatic rings. The number of aromatic nitrogens is 3. The minimum atomic E-state index is -1.48. The highest BCUT2D eigenvalue weighted by atomic mass is 35.5. The van der Waals surface area contributed by atoms with Crippen molar-refractivity contribution in [3.63, 3.8) is 0 Å². The van der Waals surface area contributed by atoms with Crippen LogP contribution in [0.15, 0.2) is 43.0 Å². The van der Waals surface area contributed by atoms with E-state index in [0.717, 1.165) is 26.6 Å². The first-order valence-corrected chi connectivity index (χ1v) is 12.1. The molecule has 0 amide bonds. The average Bonchev–Trinajstić information content (AvgIpc) is 3.06. The summed E-state index contributed by atoms with van der Waals surface area (Å²) >= 11 is 8.29. The molecule has 116 valence electrons. The molecule has 0 fully saturated rings. The summed E-state index contributed by atoms with van der Waals surface area (Å²) in [5, 5.41) is 2.04. The van der Waals surface area contributed by atoms with E-state index in [9.17, 15) is 0 Å². The Morgan fingerprint density at radius 1 is 1.17 bits per heavy atom. The predicted molar refractivity (Wildman–Crippen MR) is 102 cm³/mol. The summed E-state index contributed by atoms with van der Waals surface area (Å²) in [6, 6.07) is 8.30. The fourth-order valence-corrected chi connectivity index (χ4v) is 6.16. The van der Waals surface area contributed by atoms with Gasteiger partial charge >= 0.3 is 0 Å². The largest absolute Gasteiger partial charge is 0.289 e. The maximum absolute atomic E-state index is 6.56. The lowest BCUT2D eigenvalue weighted by Crippen LogP contribution is -2.38. The van der Waals surface area contributed by atoms with Crippen LogP contribution >= 0.6 is 22.9 Å². The normalized spacial score (nSPS) is 12.3. The van der Waals surface area contributed by atoms with Crippen LogP contribution in [0, 0.1) is 0 Å². The lowest BCUT2D eigenvalue weighted by Gasteiger charge is -2.18. The molecular formula is C17H16ClN3SSi. The van der Waals surface area contributed by atoms with Crippen molar-refractivity contribution in [1.29, 1.82) is 0 Å². The quantitative estimate of drug-likeness (QED) is 0.482. The summed E-state index contributed by atoms with van der Waals surface area (Å²) in [7, 11) is -1.48. The molecule has 0 aliphatic heterocycles. The third-order valence-corrected chi connectivity index (χ3v) is 7.63. The minimum Gasteiger partial charge on any atom is -0.289 e. The highest BCUT2D eigenvalue weighted by Gasteiger charge is 2.21. The Bertz CT molecular complexity index is 1030. The number of nitrogens with zero attached hydrogens (tertiary/aromatic N) is 3. The molecule has 0 bridgehead atoms. The third-order valence-electron chi connectivity index (χ3n) is 4.00. The van der Waals surface area contributed by atoms with Gasteiger partial charge in [-0.25, -0.2) is 4.98 Å². The number of hydrogen-bond donors (Lipinski definition) is 0. The molecule has 0 spiro atoms. The van der Waals surface area contributed by atoms with Crippen LogP contribution in [-0.4, -0.2) is 22.4 Å².